The molecule has 0 saturated carbocycles. The molecule has 0 saturated heterocycles. The Morgan fingerprint density at radius 2 is 0.957 bits per heavy atom. The van der Waals surface area contributed by atoms with E-state index >= 15 is 0 Å². The lowest BCUT2D eigenvalue weighted by molar-refractivity contribution is 0.00569. The van der Waals surface area contributed by atoms with Crippen LogP contribution in [-0.4, -0.2) is 10.2 Å². The third-order valence-corrected chi connectivity index (χ3v) is 6.71. The van der Waals surface area contributed by atoms with Crippen LogP contribution in [0.4, 0.5) is 0 Å². The average molecular weight is 762 g/mol. The van der Waals surface area contributed by atoms with Gasteiger partial charge < -0.3 is 14.9 Å². The van der Waals surface area contributed by atoms with Gasteiger partial charge in [-0.25, -0.2) is 0 Å². The van der Waals surface area contributed by atoms with Gasteiger partial charge in [0.15, 0.2) is 0 Å². The Kier molecular flexibility index (Phi) is 7.51. The van der Waals surface area contributed by atoms with Gasteiger partial charge in [0, 0.05) is 0 Å². The maximum Gasteiger partial charge on any atom is 0.142 e. The van der Waals surface area contributed by atoms with E-state index in [2.05, 4.69) is 90.4 Å². The fourth-order valence-corrected chi connectivity index (χ4v) is 5.74. The molecule has 2 aromatic carbocycles. The zero-order valence-electron chi connectivity index (χ0n) is 12.3. The molecule has 0 aliphatic heterocycles. The van der Waals surface area contributed by atoms with Crippen LogP contribution in [0.15, 0.2) is 24.3 Å². The molecule has 0 fully saturated rings. The van der Waals surface area contributed by atoms with Crippen LogP contribution in [0.5, 0.6) is 11.5 Å². The first-order chi connectivity index (χ1) is 10.7. The first-order valence-corrected chi connectivity index (χ1v) is 11.0. The zero-order chi connectivity index (χ0) is 17.3. The fourth-order valence-electron chi connectivity index (χ4n) is 2.10. The Morgan fingerprint density at radius 3 is 1.22 bits per heavy atom. The predicted molar refractivity (Wildman–Crippen MR) is 125 cm³/mol. The number of ether oxygens (including phenoxy) is 1. The van der Waals surface area contributed by atoms with Crippen molar-refractivity contribution in [2.45, 2.75) is 26.1 Å². The summed E-state index contributed by atoms with van der Waals surface area (Å²) in [7, 11) is 0. The van der Waals surface area contributed by atoms with Gasteiger partial charge in [0.2, 0.25) is 0 Å². The first-order valence-electron chi connectivity index (χ1n) is 6.72. The van der Waals surface area contributed by atoms with E-state index in [-0.39, 0.29) is 12.2 Å². The molecule has 7 heteroatoms. The number of benzene rings is 2. The van der Waals surface area contributed by atoms with Crippen LogP contribution < -0.4 is 0 Å². The Bertz CT molecular complexity index is 626. The number of phenols is 2. The van der Waals surface area contributed by atoms with E-state index in [9.17, 15) is 10.2 Å². The summed E-state index contributed by atoms with van der Waals surface area (Å²) >= 11 is 8.51. The summed E-state index contributed by atoms with van der Waals surface area (Å²) in [6.45, 7) is 4.01. The number of hydrogen-bond acceptors (Lipinski definition) is 3. The van der Waals surface area contributed by atoms with Crippen molar-refractivity contribution in [3.05, 3.63) is 49.7 Å². The van der Waals surface area contributed by atoms with Crippen LogP contribution in [0, 0.1) is 14.3 Å². The SMILES string of the molecule is CC(OC(C)c1cc(I)c(O)c(I)c1)c1cc(I)c(O)c(I)c1. The highest BCUT2D eigenvalue weighted by Gasteiger charge is 2.17. The maximum absolute atomic E-state index is 9.88. The second kappa shape index (κ2) is 8.54. The fraction of sp³-hybridized carbons (Fsp3) is 0.250. The third-order valence-electron chi connectivity index (χ3n) is 3.43. The zero-order valence-corrected chi connectivity index (χ0v) is 20.9. The van der Waals surface area contributed by atoms with Gasteiger partial charge in [-0.15, -0.1) is 0 Å². The maximum atomic E-state index is 9.88. The number of halogens is 4. The average Bonchev–Trinajstić information content (AvgIpc) is 2.49. The van der Waals surface area contributed by atoms with Gasteiger partial charge in [-0.2, -0.15) is 0 Å². The molecule has 0 aromatic heterocycles. The van der Waals surface area contributed by atoms with E-state index in [1.54, 1.807) is 0 Å². The van der Waals surface area contributed by atoms with Crippen LogP contribution in [0.3, 0.4) is 0 Å². The van der Waals surface area contributed by atoms with Crippen molar-refractivity contribution >= 4 is 90.4 Å². The largest absolute Gasteiger partial charge is 0.506 e. The number of phenolic OH excluding ortho intramolecular Hbond substituents is 2. The van der Waals surface area contributed by atoms with Crippen LogP contribution in [0.1, 0.15) is 37.2 Å². The lowest BCUT2D eigenvalue weighted by Gasteiger charge is -2.21. The molecule has 0 aliphatic carbocycles. The van der Waals surface area contributed by atoms with Crippen molar-refractivity contribution in [1.29, 1.82) is 0 Å². The molecule has 2 unspecified atom stereocenters. The van der Waals surface area contributed by atoms with E-state index in [1.165, 1.54) is 0 Å². The van der Waals surface area contributed by atoms with Crippen LogP contribution in [-0.2, 0) is 4.74 Å². The van der Waals surface area contributed by atoms with Gasteiger partial charge in [-0.1, -0.05) is 0 Å². The quantitative estimate of drug-likeness (QED) is 0.358. The van der Waals surface area contributed by atoms with Crippen LogP contribution in [0.2, 0.25) is 0 Å². The summed E-state index contributed by atoms with van der Waals surface area (Å²) in [6, 6.07) is 7.78. The molecule has 0 spiro atoms. The van der Waals surface area contributed by atoms with Gasteiger partial charge >= 0.3 is 0 Å². The number of rotatable bonds is 4. The number of aromatic hydroxyl groups is 2. The highest BCUT2D eigenvalue weighted by Crippen LogP contribution is 2.35. The first kappa shape index (κ1) is 20.2. The Balaban J connectivity index is 2.21. The molecule has 0 aliphatic rings. The summed E-state index contributed by atoms with van der Waals surface area (Å²) < 4.78 is 9.43. The molecular formula is C16H14I4O3. The smallest absolute Gasteiger partial charge is 0.142 e. The van der Waals surface area contributed by atoms with E-state index in [4.69, 9.17) is 4.74 Å². The normalized spacial score (nSPS) is 13.8. The lowest BCUT2D eigenvalue weighted by atomic mass is 10.1. The molecule has 0 radical (unpaired) electrons. The van der Waals surface area contributed by atoms with Crippen molar-refractivity contribution in [2.75, 3.05) is 0 Å². The lowest BCUT2D eigenvalue weighted by Crippen LogP contribution is -2.06. The van der Waals surface area contributed by atoms with Gasteiger partial charge in [-0.05, 0) is 140 Å². The summed E-state index contributed by atoms with van der Waals surface area (Å²) in [4.78, 5) is 0. The Morgan fingerprint density at radius 1 is 0.696 bits per heavy atom. The second-order valence-electron chi connectivity index (χ2n) is 5.09. The van der Waals surface area contributed by atoms with Crippen molar-refractivity contribution in [3.8, 4) is 11.5 Å². The molecule has 0 heterocycles. The molecule has 2 atom stereocenters. The Labute approximate surface area is 190 Å². The van der Waals surface area contributed by atoms with Crippen molar-refractivity contribution in [2.24, 2.45) is 0 Å². The predicted octanol–water partition coefficient (Wildman–Crippen LogP) is 6.36. The molecule has 2 rings (SSSR count). The van der Waals surface area contributed by atoms with Gasteiger partial charge in [0.1, 0.15) is 11.5 Å². The molecule has 23 heavy (non-hydrogen) atoms. The van der Waals surface area contributed by atoms with Crippen molar-refractivity contribution in [1.82, 2.24) is 0 Å². The summed E-state index contributed by atoms with van der Waals surface area (Å²) in [6.07, 6.45) is -0.200. The summed E-state index contributed by atoms with van der Waals surface area (Å²) in [5.41, 5.74) is 2.07. The topological polar surface area (TPSA) is 49.7 Å². The van der Waals surface area contributed by atoms with Gasteiger partial charge in [0.25, 0.3) is 0 Å². The molecule has 2 N–H and O–H groups in total. The molecular weight excluding hydrogens is 748 g/mol. The minimum absolute atomic E-state index is 0.100. The van der Waals surface area contributed by atoms with Gasteiger partial charge in [0.05, 0.1) is 26.5 Å². The third kappa shape index (κ3) is 4.97. The molecule has 3 nitrogen and oxygen atoms in total. The standard InChI is InChI=1S/C16H14I4O3/c1-7(9-3-11(17)15(21)12(18)4-9)23-8(2)10-5-13(19)16(22)14(20)6-10/h3-8,21-22H,1-2H3. The minimum Gasteiger partial charge on any atom is -0.506 e. The van der Waals surface area contributed by atoms with E-state index in [0.29, 0.717) is 11.5 Å². The van der Waals surface area contributed by atoms with E-state index in [0.717, 1.165) is 25.4 Å². The number of hydrogen-bond donors (Lipinski definition) is 2. The van der Waals surface area contributed by atoms with Gasteiger partial charge in [-0.3, -0.25) is 0 Å². The van der Waals surface area contributed by atoms with E-state index in [1.807, 2.05) is 38.1 Å². The summed E-state index contributed by atoms with van der Waals surface area (Å²) in [5, 5.41) is 19.8. The molecule has 0 bridgehead atoms. The molecule has 0 amide bonds. The second-order valence-corrected chi connectivity index (χ2v) is 9.74. The summed E-state index contributed by atoms with van der Waals surface area (Å²) in [5.74, 6) is 0.635. The highest BCUT2D eigenvalue weighted by molar-refractivity contribution is 14.1. The molecule has 2 aromatic rings. The Hall–Kier alpha value is 0.920. The monoisotopic (exact) mass is 762 g/mol. The van der Waals surface area contributed by atoms with Crippen molar-refractivity contribution < 1.29 is 14.9 Å². The van der Waals surface area contributed by atoms with Crippen LogP contribution >= 0.6 is 90.4 Å². The van der Waals surface area contributed by atoms with E-state index < -0.39 is 0 Å². The van der Waals surface area contributed by atoms with Crippen molar-refractivity contribution in [3.63, 3.8) is 0 Å². The highest BCUT2D eigenvalue weighted by atomic mass is 127. The molecule has 124 valence electrons. The minimum atomic E-state index is -0.100. The van der Waals surface area contributed by atoms with Crippen LogP contribution in [0.25, 0.3) is 0 Å².